The number of rotatable bonds is 8. The average molecular weight is 310 g/mol. The number of likely N-dealkylation sites (N-methyl/N-ethyl adjacent to an activating group) is 1. The molecule has 1 atom stereocenters. The molecule has 2 rings (SSSR count). The molecule has 1 fully saturated rings. The first kappa shape index (κ1) is 16.5. The van der Waals surface area contributed by atoms with Crippen LogP contribution in [0.25, 0.3) is 0 Å². The lowest BCUT2D eigenvalue weighted by Gasteiger charge is -2.20. The molecule has 0 amide bonds. The van der Waals surface area contributed by atoms with Crippen LogP contribution in [0.3, 0.4) is 0 Å². The van der Waals surface area contributed by atoms with E-state index in [-0.39, 0.29) is 6.04 Å². The minimum absolute atomic E-state index is 0.101. The number of hydrogen-bond acceptors (Lipinski definition) is 3. The van der Waals surface area contributed by atoms with E-state index in [1.54, 1.807) is 12.1 Å². The maximum atomic E-state index is 12.5. The van der Waals surface area contributed by atoms with Crippen LogP contribution >= 0.6 is 0 Å². The topological polar surface area (TPSA) is 58.2 Å². The largest absolute Gasteiger partial charge is 0.314 e. The summed E-state index contributed by atoms with van der Waals surface area (Å²) < 4.78 is 27.6. The summed E-state index contributed by atoms with van der Waals surface area (Å²) in [5.74, 6) is 0.693. The van der Waals surface area contributed by atoms with E-state index in [2.05, 4.69) is 17.0 Å². The van der Waals surface area contributed by atoms with Gasteiger partial charge >= 0.3 is 0 Å². The minimum Gasteiger partial charge on any atom is -0.314 e. The first-order valence-electron chi connectivity index (χ1n) is 7.77. The molecule has 1 saturated carbocycles. The Labute approximate surface area is 128 Å². The van der Waals surface area contributed by atoms with Crippen LogP contribution in [0.1, 0.15) is 39.2 Å². The lowest BCUT2D eigenvalue weighted by molar-refractivity contribution is 0.469. The SMILES string of the molecule is CCNC(Cc1ccccc1S(=O)(=O)NC(C)C)C1CC1. The Bertz CT molecular complexity index is 565. The molecule has 0 radical (unpaired) electrons. The van der Waals surface area contributed by atoms with Crippen molar-refractivity contribution in [3.8, 4) is 0 Å². The number of nitrogens with one attached hydrogen (secondary N) is 2. The zero-order valence-corrected chi connectivity index (χ0v) is 13.9. The van der Waals surface area contributed by atoms with Crippen molar-refractivity contribution in [1.29, 1.82) is 0 Å². The van der Waals surface area contributed by atoms with Gasteiger partial charge in [0, 0.05) is 12.1 Å². The average Bonchev–Trinajstić information content (AvgIpc) is 3.21. The normalized spacial score (nSPS) is 17.1. The Morgan fingerprint density at radius 2 is 1.90 bits per heavy atom. The molecule has 1 aromatic carbocycles. The van der Waals surface area contributed by atoms with E-state index in [4.69, 9.17) is 0 Å². The Morgan fingerprint density at radius 1 is 1.24 bits per heavy atom. The molecule has 0 bridgehead atoms. The fraction of sp³-hybridized carbons (Fsp3) is 0.625. The summed E-state index contributed by atoms with van der Waals surface area (Å²) in [5.41, 5.74) is 0.906. The van der Waals surface area contributed by atoms with Gasteiger partial charge in [-0.3, -0.25) is 0 Å². The molecule has 0 saturated heterocycles. The predicted molar refractivity (Wildman–Crippen MR) is 85.8 cm³/mol. The summed E-state index contributed by atoms with van der Waals surface area (Å²) in [6.07, 6.45) is 3.27. The van der Waals surface area contributed by atoms with Crippen LogP contribution in [0.4, 0.5) is 0 Å². The van der Waals surface area contributed by atoms with Crippen LogP contribution in [-0.2, 0) is 16.4 Å². The van der Waals surface area contributed by atoms with Crippen molar-refractivity contribution in [2.45, 2.75) is 57.0 Å². The molecule has 1 aliphatic carbocycles. The summed E-state index contributed by atoms with van der Waals surface area (Å²) in [4.78, 5) is 0.419. The molecule has 5 heteroatoms. The third kappa shape index (κ3) is 4.53. The van der Waals surface area contributed by atoms with Gasteiger partial charge in [0.1, 0.15) is 0 Å². The van der Waals surface area contributed by atoms with Crippen LogP contribution < -0.4 is 10.0 Å². The quantitative estimate of drug-likeness (QED) is 0.774. The van der Waals surface area contributed by atoms with Gasteiger partial charge in [0.15, 0.2) is 0 Å². The van der Waals surface area contributed by atoms with Crippen molar-refractivity contribution in [1.82, 2.24) is 10.0 Å². The second-order valence-corrected chi connectivity index (χ2v) is 7.77. The predicted octanol–water partition coefficient (Wildman–Crippen LogP) is 2.30. The highest BCUT2D eigenvalue weighted by molar-refractivity contribution is 7.89. The van der Waals surface area contributed by atoms with Crippen molar-refractivity contribution < 1.29 is 8.42 Å². The fourth-order valence-corrected chi connectivity index (χ4v) is 4.21. The van der Waals surface area contributed by atoms with E-state index in [1.807, 2.05) is 26.0 Å². The van der Waals surface area contributed by atoms with Gasteiger partial charge in [-0.1, -0.05) is 25.1 Å². The second kappa shape index (κ2) is 6.90. The summed E-state index contributed by atoms with van der Waals surface area (Å²) in [6.45, 7) is 6.69. The van der Waals surface area contributed by atoms with Crippen LogP contribution in [-0.4, -0.2) is 27.0 Å². The van der Waals surface area contributed by atoms with Crippen molar-refractivity contribution in [3.05, 3.63) is 29.8 Å². The van der Waals surface area contributed by atoms with E-state index in [0.717, 1.165) is 18.5 Å². The highest BCUT2D eigenvalue weighted by Crippen LogP contribution is 2.34. The molecule has 1 aromatic rings. The van der Waals surface area contributed by atoms with E-state index in [9.17, 15) is 8.42 Å². The van der Waals surface area contributed by atoms with Gasteiger partial charge in [-0.15, -0.1) is 0 Å². The van der Waals surface area contributed by atoms with E-state index >= 15 is 0 Å². The van der Waals surface area contributed by atoms with Gasteiger partial charge in [0.25, 0.3) is 0 Å². The van der Waals surface area contributed by atoms with Crippen molar-refractivity contribution in [2.24, 2.45) is 5.92 Å². The van der Waals surface area contributed by atoms with Crippen LogP contribution in [0.15, 0.2) is 29.2 Å². The molecule has 4 nitrogen and oxygen atoms in total. The second-order valence-electron chi connectivity index (χ2n) is 6.09. The smallest absolute Gasteiger partial charge is 0.241 e. The summed E-state index contributed by atoms with van der Waals surface area (Å²) in [7, 11) is -3.43. The van der Waals surface area contributed by atoms with Gasteiger partial charge in [-0.05, 0) is 57.2 Å². The highest BCUT2D eigenvalue weighted by atomic mass is 32.2. The lowest BCUT2D eigenvalue weighted by atomic mass is 10.0. The lowest BCUT2D eigenvalue weighted by Crippen LogP contribution is -2.35. The maximum absolute atomic E-state index is 12.5. The van der Waals surface area contributed by atoms with Crippen LogP contribution in [0.5, 0.6) is 0 Å². The third-order valence-electron chi connectivity index (χ3n) is 3.75. The van der Waals surface area contributed by atoms with Crippen molar-refractivity contribution in [3.63, 3.8) is 0 Å². The number of hydrogen-bond donors (Lipinski definition) is 2. The number of sulfonamides is 1. The van der Waals surface area contributed by atoms with Gasteiger partial charge in [-0.2, -0.15) is 0 Å². The van der Waals surface area contributed by atoms with E-state index in [1.165, 1.54) is 12.8 Å². The molecule has 0 heterocycles. The first-order valence-corrected chi connectivity index (χ1v) is 9.26. The molecule has 118 valence electrons. The zero-order valence-electron chi connectivity index (χ0n) is 13.1. The molecular formula is C16H26N2O2S. The maximum Gasteiger partial charge on any atom is 0.241 e. The Morgan fingerprint density at radius 3 is 2.48 bits per heavy atom. The van der Waals surface area contributed by atoms with E-state index in [0.29, 0.717) is 16.9 Å². The Kier molecular flexibility index (Phi) is 5.41. The van der Waals surface area contributed by atoms with Crippen molar-refractivity contribution >= 4 is 10.0 Å². The minimum atomic E-state index is -3.43. The zero-order chi connectivity index (χ0) is 15.5. The summed E-state index contributed by atoms with van der Waals surface area (Å²) in [6, 6.07) is 7.62. The fourth-order valence-electron chi connectivity index (χ4n) is 2.71. The molecule has 1 unspecified atom stereocenters. The van der Waals surface area contributed by atoms with Crippen LogP contribution in [0.2, 0.25) is 0 Å². The standard InChI is InChI=1S/C16H26N2O2S/c1-4-17-15(13-9-10-13)11-14-7-5-6-8-16(14)21(19,20)18-12(2)3/h5-8,12-13,15,17-18H,4,9-11H2,1-3H3. The highest BCUT2D eigenvalue weighted by Gasteiger charge is 2.31. The Balaban J connectivity index is 2.24. The Hall–Kier alpha value is -0.910. The molecule has 1 aliphatic rings. The monoisotopic (exact) mass is 310 g/mol. The third-order valence-corrected chi connectivity index (χ3v) is 5.51. The van der Waals surface area contributed by atoms with Gasteiger partial charge in [-0.25, -0.2) is 13.1 Å². The van der Waals surface area contributed by atoms with E-state index < -0.39 is 10.0 Å². The molecule has 0 aliphatic heterocycles. The molecular weight excluding hydrogens is 284 g/mol. The van der Waals surface area contributed by atoms with Crippen molar-refractivity contribution in [2.75, 3.05) is 6.54 Å². The summed E-state index contributed by atoms with van der Waals surface area (Å²) in [5, 5.41) is 3.50. The molecule has 0 aromatic heterocycles. The first-order chi connectivity index (χ1) is 9.94. The van der Waals surface area contributed by atoms with Crippen LogP contribution in [0, 0.1) is 5.92 Å². The van der Waals surface area contributed by atoms with Gasteiger partial charge in [0.05, 0.1) is 4.90 Å². The van der Waals surface area contributed by atoms with Gasteiger partial charge in [0.2, 0.25) is 10.0 Å². The van der Waals surface area contributed by atoms with Gasteiger partial charge < -0.3 is 5.32 Å². The summed E-state index contributed by atoms with van der Waals surface area (Å²) >= 11 is 0. The number of benzene rings is 1. The molecule has 2 N–H and O–H groups in total. The molecule has 21 heavy (non-hydrogen) atoms. The molecule has 0 spiro atoms.